The highest BCUT2D eigenvalue weighted by Crippen LogP contribution is 2.27. The zero-order valence-electron chi connectivity index (χ0n) is 15.5. The van der Waals surface area contributed by atoms with Crippen molar-refractivity contribution in [3.63, 3.8) is 0 Å². The molecule has 0 bridgehead atoms. The molecule has 1 heterocycles. The highest BCUT2D eigenvalue weighted by Gasteiger charge is 2.42. The number of hydrogen-bond donors (Lipinski definition) is 1. The molecule has 1 fully saturated rings. The van der Waals surface area contributed by atoms with Crippen LogP contribution >= 0.6 is 0 Å². The van der Waals surface area contributed by atoms with Gasteiger partial charge in [0.15, 0.2) is 0 Å². The first-order valence-electron chi connectivity index (χ1n) is 8.99. The van der Waals surface area contributed by atoms with Crippen molar-refractivity contribution in [2.24, 2.45) is 0 Å². The van der Waals surface area contributed by atoms with Crippen LogP contribution in [-0.4, -0.2) is 53.7 Å². The van der Waals surface area contributed by atoms with Crippen LogP contribution in [0.2, 0.25) is 0 Å². The quantitative estimate of drug-likeness (QED) is 0.586. The molecule has 7 nitrogen and oxygen atoms in total. The number of rotatable bonds is 7. The maximum absolute atomic E-state index is 12.2. The van der Waals surface area contributed by atoms with Crippen molar-refractivity contribution in [3.05, 3.63) is 71.8 Å². The predicted molar refractivity (Wildman–Crippen MR) is 102 cm³/mol. The van der Waals surface area contributed by atoms with E-state index >= 15 is 0 Å². The summed E-state index contributed by atoms with van der Waals surface area (Å²) in [6.45, 7) is -0.0949. The number of likely N-dealkylation sites (N-methyl/N-ethyl adjacent to an activating group) is 1. The Morgan fingerprint density at radius 3 is 1.89 bits per heavy atom. The Labute approximate surface area is 162 Å². The van der Waals surface area contributed by atoms with Crippen molar-refractivity contribution in [2.45, 2.75) is 12.3 Å². The molecular formula is C21H21N3O4. The van der Waals surface area contributed by atoms with Crippen LogP contribution < -0.4 is 5.32 Å². The summed E-state index contributed by atoms with van der Waals surface area (Å²) in [6.07, 6.45) is 0.653. The maximum Gasteiger partial charge on any atom is 0.334 e. The summed E-state index contributed by atoms with van der Waals surface area (Å²) in [5.74, 6) is -2.28. The number of benzene rings is 2. The lowest BCUT2D eigenvalue weighted by Gasteiger charge is -2.19. The Morgan fingerprint density at radius 2 is 1.43 bits per heavy atom. The van der Waals surface area contributed by atoms with E-state index in [1.165, 1.54) is 7.05 Å². The SMILES string of the molecule is CN1C(=O)C(=O)N(CC(=O)NCCC(c2ccccc2)c2ccccc2)C1=O. The molecule has 1 N–H and O–H groups in total. The Morgan fingerprint density at radius 1 is 0.893 bits per heavy atom. The zero-order valence-corrected chi connectivity index (χ0v) is 15.5. The van der Waals surface area contributed by atoms with Crippen LogP contribution in [0.15, 0.2) is 60.7 Å². The summed E-state index contributed by atoms with van der Waals surface area (Å²) >= 11 is 0. The molecule has 3 rings (SSSR count). The molecule has 0 saturated carbocycles. The van der Waals surface area contributed by atoms with Crippen molar-refractivity contribution in [3.8, 4) is 0 Å². The van der Waals surface area contributed by atoms with Gasteiger partial charge in [-0.15, -0.1) is 0 Å². The molecule has 5 amide bonds. The Kier molecular flexibility index (Phi) is 5.84. The molecule has 1 aliphatic rings. The topological polar surface area (TPSA) is 86.8 Å². The van der Waals surface area contributed by atoms with Gasteiger partial charge in [0, 0.05) is 19.5 Å². The third-order valence-electron chi connectivity index (χ3n) is 4.71. The highest BCUT2D eigenvalue weighted by molar-refractivity contribution is 6.44. The van der Waals surface area contributed by atoms with Gasteiger partial charge in [-0.2, -0.15) is 0 Å². The van der Waals surface area contributed by atoms with E-state index in [-0.39, 0.29) is 5.92 Å². The molecule has 0 aliphatic carbocycles. The van der Waals surface area contributed by atoms with Crippen molar-refractivity contribution < 1.29 is 19.2 Å². The first kappa shape index (κ1) is 19.3. The van der Waals surface area contributed by atoms with Gasteiger partial charge >= 0.3 is 17.8 Å². The fourth-order valence-electron chi connectivity index (χ4n) is 3.21. The molecule has 2 aromatic carbocycles. The van der Waals surface area contributed by atoms with E-state index < -0.39 is 30.3 Å². The molecule has 0 radical (unpaired) electrons. The van der Waals surface area contributed by atoms with Gasteiger partial charge in [-0.3, -0.25) is 19.3 Å². The molecule has 0 spiro atoms. The number of nitrogens with zero attached hydrogens (tertiary/aromatic N) is 2. The first-order valence-corrected chi connectivity index (χ1v) is 8.99. The van der Waals surface area contributed by atoms with Crippen molar-refractivity contribution in [1.29, 1.82) is 0 Å². The smallest absolute Gasteiger partial charge is 0.334 e. The van der Waals surface area contributed by atoms with Gasteiger partial charge in [-0.25, -0.2) is 9.69 Å². The standard InChI is InChI=1S/C21H21N3O4/c1-23-19(26)20(27)24(21(23)28)14-18(25)22-13-12-17(15-8-4-2-5-9-15)16-10-6-3-7-11-16/h2-11,17H,12-14H2,1H3,(H,22,25). The van der Waals surface area contributed by atoms with Gasteiger partial charge in [-0.05, 0) is 17.5 Å². The van der Waals surface area contributed by atoms with Gasteiger partial charge in [0.25, 0.3) is 0 Å². The minimum absolute atomic E-state index is 0.102. The number of hydrogen-bond acceptors (Lipinski definition) is 4. The second-order valence-electron chi connectivity index (χ2n) is 6.55. The fourth-order valence-corrected chi connectivity index (χ4v) is 3.21. The van der Waals surface area contributed by atoms with Gasteiger partial charge in [0.05, 0.1) is 0 Å². The fraction of sp³-hybridized carbons (Fsp3) is 0.238. The van der Waals surface area contributed by atoms with Crippen LogP contribution in [0, 0.1) is 0 Å². The van der Waals surface area contributed by atoms with E-state index in [4.69, 9.17) is 0 Å². The number of carbonyl (C=O) groups excluding carboxylic acids is 4. The largest absolute Gasteiger partial charge is 0.355 e. The Bertz CT molecular complexity index is 844. The van der Waals surface area contributed by atoms with Gasteiger partial charge in [-0.1, -0.05) is 60.7 Å². The van der Waals surface area contributed by atoms with Crippen LogP contribution in [0.1, 0.15) is 23.5 Å². The molecule has 0 atom stereocenters. The molecule has 144 valence electrons. The van der Waals surface area contributed by atoms with Gasteiger partial charge in [0.2, 0.25) is 5.91 Å². The van der Waals surface area contributed by atoms with Crippen LogP contribution in [0.3, 0.4) is 0 Å². The van der Waals surface area contributed by atoms with Crippen LogP contribution in [0.25, 0.3) is 0 Å². The number of urea groups is 1. The molecule has 2 aromatic rings. The van der Waals surface area contributed by atoms with Crippen molar-refractivity contribution >= 4 is 23.8 Å². The molecule has 0 aromatic heterocycles. The molecule has 7 heteroatoms. The predicted octanol–water partition coefficient (Wildman–Crippen LogP) is 1.75. The third-order valence-corrected chi connectivity index (χ3v) is 4.71. The van der Waals surface area contributed by atoms with Gasteiger partial charge < -0.3 is 5.32 Å². The number of nitrogens with one attached hydrogen (secondary N) is 1. The molecule has 1 aliphatic heterocycles. The second-order valence-corrected chi connectivity index (χ2v) is 6.55. The zero-order chi connectivity index (χ0) is 20.1. The normalized spacial score (nSPS) is 14.1. The Balaban J connectivity index is 1.60. The van der Waals surface area contributed by atoms with Gasteiger partial charge in [0.1, 0.15) is 6.54 Å². The third kappa shape index (κ3) is 4.09. The van der Waals surface area contributed by atoms with E-state index in [9.17, 15) is 19.2 Å². The first-order chi connectivity index (χ1) is 13.5. The van der Waals surface area contributed by atoms with Crippen LogP contribution in [-0.2, 0) is 14.4 Å². The average molecular weight is 379 g/mol. The maximum atomic E-state index is 12.2. The number of carbonyl (C=O) groups is 4. The summed E-state index contributed by atoms with van der Waals surface area (Å²) in [4.78, 5) is 48.6. The lowest BCUT2D eigenvalue weighted by molar-refractivity contribution is -0.143. The molecule has 28 heavy (non-hydrogen) atoms. The molecule has 0 unspecified atom stereocenters. The summed E-state index contributed by atoms with van der Waals surface area (Å²) in [6, 6.07) is 19.2. The highest BCUT2D eigenvalue weighted by atomic mass is 16.2. The monoisotopic (exact) mass is 379 g/mol. The minimum Gasteiger partial charge on any atom is -0.355 e. The lowest BCUT2D eigenvalue weighted by atomic mass is 9.88. The molecule has 1 saturated heterocycles. The van der Waals surface area contributed by atoms with E-state index in [2.05, 4.69) is 5.32 Å². The second kappa shape index (κ2) is 8.47. The van der Waals surface area contributed by atoms with Crippen molar-refractivity contribution in [2.75, 3.05) is 20.1 Å². The average Bonchev–Trinajstić information content (AvgIpc) is 2.90. The lowest BCUT2D eigenvalue weighted by Crippen LogP contribution is -2.41. The Hall–Kier alpha value is -3.48. The van der Waals surface area contributed by atoms with Crippen molar-refractivity contribution in [1.82, 2.24) is 15.1 Å². The summed E-state index contributed by atoms with van der Waals surface area (Å²) in [7, 11) is 1.21. The molecular weight excluding hydrogens is 358 g/mol. The van der Waals surface area contributed by atoms with E-state index in [1.807, 2.05) is 60.7 Å². The van der Waals surface area contributed by atoms with E-state index in [1.54, 1.807) is 0 Å². The summed E-state index contributed by atoms with van der Waals surface area (Å²) in [5.41, 5.74) is 2.28. The number of imide groups is 2. The number of amides is 5. The summed E-state index contributed by atoms with van der Waals surface area (Å²) in [5, 5.41) is 2.74. The van der Waals surface area contributed by atoms with E-state index in [0.717, 1.165) is 11.1 Å². The minimum atomic E-state index is -0.978. The van der Waals surface area contributed by atoms with Crippen LogP contribution in [0.4, 0.5) is 4.79 Å². The summed E-state index contributed by atoms with van der Waals surface area (Å²) < 4.78 is 0. The van der Waals surface area contributed by atoms with E-state index in [0.29, 0.717) is 22.8 Å². The van der Waals surface area contributed by atoms with Crippen LogP contribution in [0.5, 0.6) is 0 Å².